The Kier molecular flexibility index (Phi) is 7.06. The first-order valence-electron chi connectivity index (χ1n) is 11.9. The monoisotopic (exact) mass is 496 g/mol. The number of para-hydroxylation sites is 1. The van der Waals surface area contributed by atoms with Crippen LogP contribution in [0.5, 0.6) is 11.5 Å². The molecule has 1 amide bonds. The largest absolute Gasteiger partial charge is 0.492 e. The molecule has 1 aromatic carbocycles. The van der Waals surface area contributed by atoms with E-state index in [4.69, 9.17) is 18.9 Å². The van der Waals surface area contributed by atoms with Gasteiger partial charge in [0.25, 0.3) is 5.91 Å². The number of amides is 1. The van der Waals surface area contributed by atoms with Crippen LogP contribution in [0.25, 0.3) is 11.3 Å². The highest BCUT2D eigenvalue weighted by molar-refractivity contribution is 6.07. The van der Waals surface area contributed by atoms with Crippen molar-refractivity contribution >= 4 is 17.3 Å². The maximum atomic E-state index is 14.5. The van der Waals surface area contributed by atoms with Crippen LogP contribution >= 0.6 is 0 Å². The van der Waals surface area contributed by atoms with Gasteiger partial charge in [0.15, 0.2) is 11.6 Å². The summed E-state index contributed by atoms with van der Waals surface area (Å²) in [7, 11) is 3.06. The van der Waals surface area contributed by atoms with Crippen molar-refractivity contribution in [3.05, 3.63) is 53.7 Å². The molecule has 2 aliphatic heterocycles. The van der Waals surface area contributed by atoms with E-state index in [-0.39, 0.29) is 23.7 Å². The maximum absolute atomic E-state index is 14.5. The molecule has 0 saturated carbocycles. The van der Waals surface area contributed by atoms with Crippen molar-refractivity contribution in [2.45, 2.75) is 24.9 Å². The molecule has 0 aliphatic carbocycles. The van der Waals surface area contributed by atoms with Crippen LogP contribution in [0.15, 0.2) is 36.7 Å². The summed E-state index contributed by atoms with van der Waals surface area (Å²) >= 11 is 0. The molecule has 36 heavy (non-hydrogen) atoms. The highest BCUT2D eigenvalue weighted by Crippen LogP contribution is 2.44. The molecule has 1 saturated heterocycles. The van der Waals surface area contributed by atoms with E-state index in [1.807, 2.05) is 6.07 Å². The predicted molar refractivity (Wildman–Crippen MR) is 132 cm³/mol. The quantitative estimate of drug-likeness (QED) is 0.390. The molecule has 2 atom stereocenters. The minimum Gasteiger partial charge on any atom is -0.492 e. The van der Waals surface area contributed by atoms with Crippen molar-refractivity contribution in [2.75, 3.05) is 45.9 Å². The number of nitrogens with one attached hydrogen (secondary N) is 3. The first-order chi connectivity index (χ1) is 17.6. The molecule has 1 fully saturated rings. The van der Waals surface area contributed by atoms with Crippen molar-refractivity contribution in [3.63, 3.8) is 0 Å². The van der Waals surface area contributed by atoms with E-state index in [2.05, 4.69) is 20.6 Å². The first kappa shape index (κ1) is 24.1. The number of ether oxygens (including phenoxy) is 4. The van der Waals surface area contributed by atoms with Crippen molar-refractivity contribution in [3.8, 4) is 22.8 Å². The van der Waals surface area contributed by atoms with Gasteiger partial charge in [0.1, 0.15) is 12.4 Å². The zero-order chi connectivity index (χ0) is 25.1. The first-order valence-corrected chi connectivity index (χ1v) is 11.9. The Balaban J connectivity index is 1.62. The Bertz CT molecular complexity index is 1240. The number of aromatic nitrogens is 2. The van der Waals surface area contributed by atoms with Crippen LogP contribution in [0.4, 0.5) is 15.8 Å². The Labute approximate surface area is 208 Å². The Morgan fingerprint density at radius 3 is 2.89 bits per heavy atom. The number of benzene rings is 1. The van der Waals surface area contributed by atoms with Crippen LogP contribution in [-0.4, -0.2) is 62.6 Å². The van der Waals surface area contributed by atoms with Crippen LogP contribution in [0.2, 0.25) is 0 Å². The third-order valence-electron chi connectivity index (χ3n) is 6.55. The number of carbonyl (C=O) groups excluding carboxylic acids is 1. The van der Waals surface area contributed by atoms with Gasteiger partial charge >= 0.3 is 0 Å². The zero-order valence-electron chi connectivity index (χ0n) is 20.2. The van der Waals surface area contributed by atoms with E-state index >= 15 is 0 Å². The molecule has 0 unspecified atom stereocenters. The second kappa shape index (κ2) is 10.5. The number of pyridine rings is 1. The lowest BCUT2D eigenvalue weighted by atomic mass is 9.93. The predicted octanol–water partition coefficient (Wildman–Crippen LogP) is 4.00. The van der Waals surface area contributed by atoms with Gasteiger partial charge < -0.3 is 34.6 Å². The minimum absolute atomic E-state index is 0.0101. The molecular formula is C26H29FN4O5. The molecule has 0 radical (unpaired) electrons. The lowest BCUT2D eigenvalue weighted by Gasteiger charge is -2.26. The second-order valence-corrected chi connectivity index (χ2v) is 8.76. The molecule has 9 nitrogen and oxygen atoms in total. The van der Waals surface area contributed by atoms with E-state index in [9.17, 15) is 9.18 Å². The Morgan fingerprint density at radius 1 is 1.28 bits per heavy atom. The molecule has 4 heterocycles. The molecule has 0 bridgehead atoms. The van der Waals surface area contributed by atoms with Gasteiger partial charge in [0.2, 0.25) is 0 Å². The average molecular weight is 497 g/mol. The zero-order valence-corrected chi connectivity index (χ0v) is 20.2. The molecule has 2 aromatic heterocycles. The number of halogens is 1. The molecule has 5 rings (SSSR count). The van der Waals surface area contributed by atoms with Gasteiger partial charge in [0, 0.05) is 56.7 Å². The Hall–Kier alpha value is -3.63. The molecule has 2 aliphatic rings. The third-order valence-corrected chi connectivity index (χ3v) is 6.55. The highest BCUT2D eigenvalue weighted by Gasteiger charge is 2.34. The summed E-state index contributed by atoms with van der Waals surface area (Å²) in [6.45, 7) is 2.16. The fourth-order valence-corrected chi connectivity index (χ4v) is 4.55. The lowest BCUT2D eigenvalue weighted by Crippen LogP contribution is -2.35. The van der Waals surface area contributed by atoms with Gasteiger partial charge in [-0.05, 0) is 24.6 Å². The highest BCUT2D eigenvalue weighted by atomic mass is 19.1. The van der Waals surface area contributed by atoms with Gasteiger partial charge in [0.05, 0.1) is 42.0 Å². The van der Waals surface area contributed by atoms with E-state index in [0.29, 0.717) is 54.6 Å². The normalized spacial score (nSPS) is 18.7. The second-order valence-electron chi connectivity index (χ2n) is 8.76. The topological polar surface area (TPSA) is 107 Å². The van der Waals surface area contributed by atoms with Crippen LogP contribution < -0.4 is 20.1 Å². The summed E-state index contributed by atoms with van der Waals surface area (Å²) in [5.41, 5.74) is 3.51. The number of carbonyl (C=O) groups is 1. The van der Waals surface area contributed by atoms with E-state index in [1.54, 1.807) is 31.6 Å². The van der Waals surface area contributed by atoms with Gasteiger partial charge in [-0.2, -0.15) is 0 Å². The van der Waals surface area contributed by atoms with E-state index in [1.165, 1.54) is 13.2 Å². The minimum atomic E-state index is -0.510. The molecule has 3 N–H and O–H groups in total. The third kappa shape index (κ3) is 4.61. The number of H-pyrrole nitrogens is 1. The number of fused-ring (bicyclic) bond motifs is 1. The Morgan fingerprint density at radius 2 is 2.14 bits per heavy atom. The van der Waals surface area contributed by atoms with Crippen LogP contribution in [0, 0.1) is 5.82 Å². The fourth-order valence-electron chi connectivity index (χ4n) is 4.55. The van der Waals surface area contributed by atoms with Crippen molar-refractivity contribution in [1.82, 2.24) is 15.3 Å². The molecule has 10 heteroatoms. The van der Waals surface area contributed by atoms with Crippen molar-refractivity contribution in [1.29, 1.82) is 0 Å². The van der Waals surface area contributed by atoms with Gasteiger partial charge in [-0.15, -0.1) is 0 Å². The molecule has 0 spiro atoms. The standard InChI is InChI=1S/C26H29FN4O5/c1-33-10-7-15-12-29-26(32)21-22(15)31-23(24(21)30-19-5-3-4-18(27)25(19)34-2)17-6-9-28-13-20(17)36-14-16-8-11-35-16/h3-6,9,13,15-16,30-31H,7-8,10-12,14H2,1-2H3,(H,29,32)/t15-,16-/m1/s1. The maximum Gasteiger partial charge on any atom is 0.255 e. The van der Waals surface area contributed by atoms with Crippen LogP contribution in [-0.2, 0) is 9.47 Å². The summed E-state index contributed by atoms with van der Waals surface area (Å²) in [4.78, 5) is 20.9. The summed E-state index contributed by atoms with van der Waals surface area (Å²) in [6, 6.07) is 6.43. The van der Waals surface area contributed by atoms with Crippen LogP contribution in [0.3, 0.4) is 0 Å². The fraction of sp³-hybridized carbons (Fsp3) is 0.385. The number of methoxy groups -OCH3 is 2. The van der Waals surface area contributed by atoms with E-state index < -0.39 is 5.82 Å². The van der Waals surface area contributed by atoms with E-state index in [0.717, 1.165) is 24.3 Å². The number of anilines is 2. The average Bonchev–Trinajstić information content (AvgIpc) is 3.23. The summed E-state index contributed by atoms with van der Waals surface area (Å²) in [6.07, 6.45) is 5.01. The molecular weight excluding hydrogens is 467 g/mol. The molecule has 3 aromatic rings. The van der Waals surface area contributed by atoms with Crippen LogP contribution in [0.1, 0.15) is 34.8 Å². The van der Waals surface area contributed by atoms with Gasteiger partial charge in [-0.25, -0.2) is 4.39 Å². The number of nitrogens with zero attached hydrogens (tertiary/aromatic N) is 1. The number of hydrogen-bond donors (Lipinski definition) is 3. The van der Waals surface area contributed by atoms with Crippen molar-refractivity contribution < 1.29 is 28.1 Å². The van der Waals surface area contributed by atoms with Gasteiger partial charge in [-0.3, -0.25) is 9.78 Å². The SMILES string of the molecule is COCC[C@@H]1CNC(=O)c2c1[nH]c(-c1ccncc1OC[C@H]1CCO1)c2Nc1cccc(F)c1OC. The van der Waals surface area contributed by atoms with Gasteiger partial charge in [-0.1, -0.05) is 6.07 Å². The smallest absolute Gasteiger partial charge is 0.255 e. The number of aromatic amines is 1. The van der Waals surface area contributed by atoms with Crippen molar-refractivity contribution in [2.24, 2.45) is 0 Å². The molecule has 190 valence electrons. The number of rotatable bonds is 10. The summed E-state index contributed by atoms with van der Waals surface area (Å²) in [5, 5.41) is 6.25. The summed E-state index contributed by atoms with van der Waals surface area (Å²) in [5.74, 6) is -0.118. The lowest BCUT2D eigenvalue weighted by molar-refractivity contribution is -0.0720. The number of hydrogen-bond acceptors (Lipinski definition) is 7. The summed E-state index contributed by atoms with van der Waals surface area (Å²) < 4.78 is 36.7.